The van der Waals surface area contributed by atoms with Crippen LogP contribution in [0.5, 0.6) is 0 Å². The minimum Gasteiger partial charge on any atom is -0.436 e. The summed E-state index contributed by atoms with van der Waals surface area (Å²) in [7, 11) is 0. The molecule has 6 nitrogen and oxygen atoms in total. The van der Waals surface area contributed by atoms with Crippen LogP contribution in [0.15, 0.2) is 51.8 Å². The second kappa shape index (κ2) is 6.44. The molecule has 0 radical (unpaired) electrons. The van der Waals surface area contributed by atoms with Crippen LogP contribution in [0.2, 0.25) is 5.02 Å². The SMILES string of the molecule is Cc1cc(-c2[nH]c(=O)cc3c(Nc4ccc(F)c(Cl)c4)c(N)oc23)ccn1. The molecule has 0 unspecified atom stereocenters. The number of benzene rings is 1. The van der Waals surface area contributed by atoms with Crippen molar-refractivity contribution in [2.24, 2.45) is 0 Å². The number of anilines is 3. The van der Waals surface area contributed by atoms with Gasteiger partial charge in [0.2, 0.25) is 11.4 Å². The molecule has 0 amide bonds. The molecule has 3 aromatic heterocycles. The van der Waals surface area contributed by atoms with E-state index in [2.05, 4.69) is 15.3 Å². The van der Waals surface area contributed by atoms with Crippen molar-refractivity contribution in [3.05, 3.63) is 69.5 Å². The number of nitrogens with one attached hydrogen (secondary N) is 2. The molecule has 8 heteroatoms. The Kier molecular flexibility index (Phi) is 4.08. The molecule has 0 bridgehead atoms. The third-order valence-corrected chi connectivity index (χ3v) is 4.39. The molecule has 1 aromatic carbocycles. The molecule has 27 heavy (non-hydrogen) atoms. The van der Waals surface area contributed by atoms with Gasteiger partial charge in [-0.1, -0.05) is 11.6 Å². The minimum atomic E-state index is -0.529. The molecule has 0 aliphatic carbocycles. The van der Waals surface area contributed by atoms with Gasteiger partial charge in [-0.05, 0) is 37.3 Å². The molecule has 0 aliphatic heterocycles. The topological polar surface area (TPSA) is 96.9 Å². The van der Waals surface area contributed by atoms with Crippen molar-refractivity contribution in [1.29, 1.82) is 0 Å². The largest absolute Gasteiger partial charge is 0.436 e. The number of aromatic amines is 1. The lowest BCUT2D eigenvalue weighted by Gasteiger charge is -2.07. The molecule has 136 valence electrons. The highest BCUT2D eigenvalue weighted by Crippen LogP contribution is 2.38. The highest BCUT2D eigenvalue weighted by Gasteiger charge is 2.18. The van der Waals surface area contributed by atoms with Crippen molar-refractivity contribution in [3.8, 4) is 11.3 Å². The van der Waals surface area contributed by atoms with Gasteiger partial charge in [0.25, 0.3) is 0 Å². The maximum Gasteiger partial charge on any atom is 0.249 e. The number of H-pyrrole nitrogens is 1. The van der Waals surface area contributed by atoms with E-state index in [-0.39, 0.29) is 16.5 Å². The first-order chi connectivity index (χ1) is 12.9. The second-order valence-electron chi connectivity index (χ2n) is 6.03. The number of halogens is 2. The fourth-order valence-corrected chi connectivity index (χ4v) is 3.06. The third kappa shape index (κ3) is 3.13. The first-order valence-electron chi connectivity index (χ1n) is 8.03. The molecule has 0 spiro atoms. The van der Waals surface area contributed by atoms with Crippen LogP contribution in [0.3, 0.4) is 0 Å². The molecule has 4 N–H and O–H groups in total. The zero-order valence-electron chi connectivity index (χ0n) is 14.1. The smallest absolute Gasteiger partial charge is 0.249 e. The van der Waals surface area contributed by atoms with E-state index in [9.17, 15) is 9.18 Å². The number of rotatable bonds is 3. The number of hydrogen-bond acceptors (Lipinski definition) is 5. The highest BCUT2D eigenvalue weighted by molar-refractivity contribution is 6.31. The van der Waals surface area contributed by atoms with Crippen LogP contribution in [-0.2, 0) is 0 Å². The number of aromatic nitrogens is 2. The van der Waals surface area contributed by atoms with Gasteiger partial charge >= 0.3 is 0 Å². The third-order valence-electron chi connectivity index (χ3n) is 4.10. The van der Waals surface area contributed by atoms with Gasteiger partial charge in [-0.25, -0.2) is 4.39 Å². The van der Waals surface area contributed by atoms with E-state index >= 15 is 0 Å². The van der Waals surface area contributed by atoms with Crippen molar-refractivity contribution >= 4 is 39.8 Å². The summed E-state index contributed by atoms with van der Waals surface area (Å²) in [5.41, 5.74) is 9.10. The van der Waals surface area contributed by atoms with Gasteiger partial charge in [0.1, 0.15) is 11.5 Å². The van der Waals surface area contributed by atoms with Crippen molar-refractivity contribution in [1.82, 2.24) is 9.97 Å². The van der Waals surface area contributed by atoms with Crippen LogP contribution in [-0.4, -0.2) is 9.97 Å². The van der Waals surface area contributed by atoms with E-state index in [0.717, 1.165) is 11.3 Å². The summed E-state index contributed by atoms with van der Waals surface area (Å²) in [5, 5.41) is 3.52. The van der Waals surface area contributed by atoms with Gasteiger partial charge in [-0.3, -0.25) is 9.78 Å². The van der Waals surface area contributed by atoms with E-state index in [1.807, 2.05) is 13.0 Å². The fraction of sp³-hybridized carbons (Fsp3) is 0.0526. The van der Waals surface area contributed by atoms with E-state index < -0.39 is 5.82 Å². The Bertz CT molecular complexity index is 1230. The Morgan fingerprint density at radius 2 is 2.07 bits per heavy atom. The Labute approximate surface area is 157 Å². The number of fused-ring (bicyclic) bond motifs is 1. The first kappa shape index (κ1) is 17.1. The maximum absolute atomic E-state index is 13.4. The summed E-state index contributed by atoms with van der Waals surface area (Å²) in [6.45, 7) is 1.85. The Hall–Kier alpha value is -3.32. The number of nitrogens with zero attached hydrogens (tertiary/aromatic N) is 1. The molecule has 3 heterocycles. The summed E-state index contributed by atoms with van der Waals surface area (Å²) < 4.78 is 19.1. The number of furan rings is 1. The molecule has 0 atom stereocenters. The van der Waals surface area contributed by atoms with Crippen molar-refractivity contribution in [3.63, 3.8) is 0 Å². The van der Waals surface area contributed by atoms with E-state index in [1.54, 1.807) is 12.3 Å². The van der Waals surface area contributed by atoms with Crippen LogP contribution in [0, 0.1) is 12.7 Å². The minimum absolute atomic E-state index is 0.0304. The van der Waals surface area contributed by atoms with Crippen LogP contribution in [0.1, 0.15) is 5.69 Å². The number of aryl methyl sites for hydroxylation is 1. The van der Waals surface area contributed by atoms with Crippen LogP contribution >= 0.6 is 11.6 Å². The molecule has 0 saturated heterocycles. The van der Waals surface area contributed by atoms with Gasteiger partial charge in [0, 0.05) is 29.2 Å². The van der Waals surface area contributed by atoms with Crippen molar-refractivity contribution < 1.29 is 8.81 Å². The molecule has 4 aromatic rings. The van der Waals surface area contributed by atoms with Crippen LogP contribution in [0.25, 0.3) is 22.2 Å². The Balaban J connectivity index is 1.89. The molecule has 0 fully saturated rings. The highest BCUT2D eigenvalue weighted by atomic mass is 35.5. The molecule has 0 aliphatic rings. The normalized spacial score (nSPS) is 11.1. The quantitative estimate of drug-likeness (QED) is 0.479. The number of pyridine rings is 2. The predicted octanol–water partition coefficient (Wildman–Crippen LogP) is 4.61. The molecular weight excluding hydrogens is 371 g/mol. The Morgan fingerprint density at radius 3 is 2.81 bits per heavy atom. The molecular formula is C19H14ClFN4O2. The van der Waals surface area contributed by atoms with Gasteiger partial charge in [0.05, 0.1) is 16.1 Å². The summed E-state index contributed by atoms with van der Waals surface area (Å²) in [5.74, 6) is -0.435. The van der Waals surface area contributed by atoms with E-state index in [4.69, 9.17) is 21.8 Å². The number of nitrogen functional groups attached to an aromatic ring is 1. The van der Waals surface area contributed by atoms with Gasteiger partial charge in [0.15, 0.2) is 5.58 Å². The first-order valence-corrected chi connectivity index (χ1v) is 8.40. The van der Waals surface area contributed by atoms with Crippen LogP contribution < -0.4 is 16.6 Å². The Morgan fingerprint density at radius 1 is 1.26 bits per heavy atom. The lowest BCUT2D eigenvalue weighted by Crippen LogP contribution is -2.05. The summed E-state index contributed by atoms with van der Waals surface area (Å²) >= 11 is 5.83. The lowest BCUT2D eigenvalue weighted by molar-refractivity contribution is 0.628. The monoisotopic (exact) mass is 384 g/mol. The van der Waals surface area contributed by atoms with Gasteiger partial charge in [-0.2, -0.15) is 0 Å². The standard InChI is InChI=1S/C19H14ClFN4O2/c1-9-6-10(4-5-23-9)16-18-12(8-15(26)25-16)17(19(22)27-18)24-11-2-3-14(21)13(20)7-11/h2-8,24H,22H2,1H3,(H,25,26). The average Bonchev–Trinajstić information content (AvgIpc) is 2.93. The zero-order valence-corrected chi connectivity index (χ0v) is 14.9. The summed E-state index contributed by atoms with van der Waals surface area (Å²) in [6, 6.07) is 9.16. The number of nitrogens with two attached hydrogens (primary N) is 1. The summed E-state index contributed by atoms with van der Waals surface area (Å²) in [6.07, 6.45) is 1.65. The van der Waals surface area contributed by atoms with Crippen molar-refractivity contribution in [2.75, 3.05) is 11.1 Å². The fourth-order valence-electron chi connectivity index (χ4n) is 2.88. The average molecular weight is 385 g/mol. The number of hydrogen-bond donors (Lipinski definition) is 3. The van der Waals surface area contributed by atoms with Gasteiger partial charge in [-0.15, -0.1) is 0 Å². The molecule has 0 saturated carbocycles. The van der Waals surface area contributed by atoms with Crippen molar-refractivity contribution in [2.45, 2.75) is 6.92 Å². The maximum atomic E-state index is 13.4. The lowest BCUT2D eigenvalue weighted by atomic mass is 10.1. The summed E-state index contributed by atoms with van der Waals surface area (Å²) in [4.78, 5) is 19.2. The van der Waals surface area contributed by atoms with Gasteiger partial charge < -0.3 is 20.5 Å². The van der Waals surface area contributed by atoms with Crippen LogP contribution in [0.4, 0.5) is 21.6 Å². The second-order valence-corrected chi connectivity index (χ2v) is 6.44. The predicted molar refractivity (Wildman–Crippen MR) is 104 cm³/mol. The van der Waals surface area contributed by atoms with E-state index in [1.165, 1.54) is 24.3 Å². The zero-order chi connectivity index (χ0) is 19.1. The molecule has 4 rings (SSSR count). The van der Waals surface area contributed by atoms with E-state index in [0.29, 0.717) is 28.0 Å².